The van der Waals surface area contributed by atoms with Crippen molar-refractivity contribution in [3.8, 4) is 16.9 Å². The lowest BCUT2D eigenvalue weighted by molar-refractivity contribution is 0.0719. The molecule has 0 unspecified atom stereocenters. The molecular weight excluding hydrogens is 326 g/mol. The molecule has 5 heteroatoms. The smallest absolute Gasteiger partial charge is 0.270 e. The highest BCUT2D eigenvalue weighted by atomic mass is 16.5. The number of H-pyrrole nitrogens is 1. The number of ether oxygens (including phenoxy) is 1. The van der Waals surface area contributed by atoms with Gasteiger partial charge in [-0.2, -0.15) is 0 Å². The molecule has 3 heterocycles. The first-order valence-corrected chi connectivity index (χ1v) is 9.10. The van der Waals surface area contributed by atoms with Crippen molar-refractivity contribution in [1.82, 2.24) is 14.9 Å². The maximum atomic E-state index is 12.7. The number of amides is 1. The Morgan fingerprint density at radius 3 is 2.73 bits per heavy atom. The van der Waals surface area contributed by atoms with Crippen LogP contribution in [0, 0.1) is 6.92 Å². The number of rotatable bonds is 3. The first-order valence-electron chi connectivity index (χ1n) is 9.10. The minimum absolute atomic E-state index is 0.0859. The number of nitrogens with zero attached hydrogens (tertiary/aromatic N) is 2. The van der Waals surface area contributed by atoms with E-state index in [1.165, 1.54) is 6.42 Å². The van der Waals surface area contributed by atoms with Crippen molar-refractivity contribution in [2.45, 2.75) is 26.2 Å². The fourth-order valence-corrected chi connectivity index (χ4v) is 3.65. The molecule has 1 N–H and O–H groups in total. The number of likely N-dealkylation sites (tertiary alicyclic amines) is 1. The standard InChI is InChI=1S/C21H23N3O2/c1-14-6-7-17-16(8-9-19(26-2)20(17)23-14)15-12-18(22-13-15)21(25)24-10-4-3-5-11-24/h6-9,12-13,22H,3-5,10-11H2,1-2H3. The average Bonchev–Trinajstić information content (AvgIpc) is 3.17. The van der Waals surface area contributed by atoms with Crippen LogP contribution in [0.15, 0.2) is 36.5 Å². The fourth-order valence-electron chi connectivity index (χ4n) is 3.65. The lowest BCUT2D eigenvalue weighted by Crippen LogP contribution is -2.35. The zero-order valence-electron chi connectivity index (χ0n) is 15.2. The van der Waals surface area contributed by atoms with Crippen molar-refractivity contribution >= 4 is 16.8 Å². The molecule has 0 spiro atoms. The number of benzene rings is 1. The van der Waals surface area contributed by atoms with E-state index in [2.05, 4.69) is 16.0 Å². The minimum atomic E-state index is 0.0859. The molecule has 134 valence electrons. The summed E-state index contributed by atoms with van der Waals surface area (Å²) in [4.78, 5) is 22.5. The molecule has 3 aromatic rings. The number of aromatic amines is 1. The van der Waals surface area contributed by atoms with Crippen LogP contribution in [0.25, 0.3) is 22.0 Å². The number of hydrogen-bond acceptors (Lipinski definition) is 3. The summed E-state index contributed by atoms with van der Waals surface area (Å²) in [5.74, 6) is 0.843. The van der Waals surface area contributed by atoms with Gasteiger partial charge in [-0.15, -0.1) is 0 Å². The minimum Gasteiger partial charge on any atom is -0.494 e. The molecule has 26 heavy (non-hydrogen) atoms. The van der Waals surface area contributed by atoms with E-state index in [0.717, 1.165) is 59.4 Å². The highest BCUT2D eigenvalue weighted by molar-refractivity contribution is 6.00. The van der Waals surface area contributed by atoms with Crippen LogP contribution in [0.1, 0.15) is 35.4 Å². The number of fused-ring (bicyclic) bond motifs is 1. The summed E-state index contributed by atoms with van der Waals surface area (Å²) in [6.07, 6.45) is 5.29. The average molecular weight is 349 g/mol. The van der Waals surface area contributed by atoms with Gasteiger partial charge in [0.2, 0.25) is 0 Å². The molecule has 0 saturated carbocycles. The molecule has 2 aromatic heterocycles. The van der Waals surface area contributed by atoms with Gasteiger partial charge in [-0.1, -0.05) is 6.07 Å². The van der Waals surface area contributed by atoms with Gasteiger partial charge in [0.1, 0.15) is 17.0 Å². The fraction of sp³-hybridized carbons (Fsp3) is 0.333. The molecule has 5 nitrogen and oxygen atoms in total. The normalized spacial score (nSPS) is 14.6. The Morgan fingerprint density at radius 2 is 1.96 bits per heavy atom. The second-order valence-corrected chi connectivity index (χ2v) is 6.82. The first kappa shape index (κ1) is 16.6. The van der Waals surface area contributed by atoms with Crippen LogP contribution in [0.2, 0.25) is 0 Å². The third kappa shape index (κ3) is 2.94. The van der Waals surface area contributed by atoms with Gasteiger partial charge in [-0.3, -0.25) is 4.79 Å². The summed E-state index contributed by atoms with van der Waals surface area (Å²) in [6, 6.07) is 9.96. The first-order chi connectivity index (χ1) is 12.7. The molecular formula is C21H23N3O2. The van der Waals surface area contributed by atoms with Gasteiger partial charge in [0.15, 0.2) is 0 Å². The highest BCUT2D eigenvalue weighted by Crippen LogP contribution is 2.34. The Labute approximate surface area is 153 Å². The maximum absolute atomic E-state index is 12.7. The van der Waals surface area contributed by atoms with Gasteiger partial charge in [0.05, 0.1) is 7.11 Å². The van der Waals surface area contributed by atoms with Crippen molar-refractivity contribution in [3.63, 3.8) is 0 Å². The third-order valence-electron chi connectivity index (χ3n) is 5.05. The summed E-state index contributed by atoms with van der Waals surface area (Å²) < 4.78 is 5.47. The van der Waals surface area contributed by atoms with Crippen LogP contribution in [-0.2, 0) is 0 Å². The van der Waals surface area contributed by atoms with Gasteiger partial charge in [-0.25, -0.2) is 4.98 Å². The van der Waals surface area contributed by atoms with Gasteiger partial charge in [0, 0.05) is 35.9 Å². The number of pyridine rings is 1. The summed E-state index contributed by atoms with van der Waals surface area (Å²) in [6.45, 7) is 3.67. The topological polar surface area (TPSA) is 58.2 Å². The Hall–Kier alpha value is -2.82. The third-order valence-corrected chi connectivity index (χ3v) is 5.05. The highest BCUT2D eigenvalue weighted by Gasteiger charge is 2.20. The molecule has 1 aliphatic heterocycles. The van der Waals surface area contributed by atoms with Gasteiger partial charge in [-0.05, 0) is 56.0 Å². The maximum Gasteiger partial charge on any atom is 0.270 e. The van der Waals surface area contributed by atoms with Crippen LogP contribution in [0.5, 0.6) is 5.75 Å². The Balaban J connectivity index is 1.72. The molecule has 0 radical (unpaired) electrons. The number of piperidine rings is 1. The van der Waals surface area contributed by atoms with E-state index in [9.17, 15) is 4.79 Å². The molecule has 1 fully saturated rings. The number of carbonyl (C=O) groups excluding carboxylic acids is 1. The zero-order valence-corrected chi connectivity index (χ0v) is 15.2. The van der Waals surface area contributed by atoms with E-state index in [-0.39, 0.29) is 5.91 Å². The summed E-state index contributed by atoms with van der Waals surface area (Å²) in [7, 11) is 1.66. The monoisotopic (exact) mass is 349 g/mol. The molecule has 1 aromatic carbocycles. The summed E-state index contributed by atoms with van der Waals surface area (Å²) in [5, 5.41) is 1.02. The predicted octanol–water partition coefficient (Wildman–Crippen LogP) is 4.17. The Bertz CT molecular complexity index is 955. The Kier molecular flexibility index (Phi) is 4.37. The van der Waals surface area contributed by atoms with E-state index in [4.69, 9.17) is 4.74 Å². The number of nitrogens with one attached hydrogen (secondary N) is 1. The molecule has 0 bridgehead atoms. The summed E-state index contributed by atoms with van der Waals surface area (Å²) in [5.41, 5.74) is 4.47. The van der Waals surface area contributed by atoms with E-state index in [1.807, 2.05) is 42.3 Å². The molecule has 4 rings (SSSR count). The van der Waals surface area contributed by atoms with Crippen LogP contribution in [-0.4, -0.2) is 41.0 Å². The van der Waals surface area contributed by atoms with Crippen molar-refractivity contribution in [2.24, 2.45) is 0 Å². The predicted molar refractivity (Wildman–Crippen MR) is 103 cm³/mol. The number of methoxy groups -OCH3 is 1. The number of carbonyl (C=O) groups is 1. The lowest BCUT2D eigenvalue weighted by atomic mass is 10.0. The number of aromatic nitrogens is 2. The van der Waals surface area contributed by atoms with E-state index in [0.29, 0.717) is 5.69 Å². The lowest BCUT2D eigenvalue weighted by Gasteiger charge is -2.26. The van der Waals surface area contributed by atoms with Crippen LogP contribution in [0.4, 0.5) is 0 Å². The van der Waals surface area contributed by atoms with Gasteiger partial charge >= 0.3 is 0 Å². The van der Waals surface area contributed by atoms with Crippen LogP contribution in [0.3, 0.4) is 0 Å². The molecule has 1 amide bonds. The second kappa shape index (κ2) is 6.83. The van der Waals surface area contributed by atoms with Gasteiger partial charge in [0.25, 0.3) is 5.91 Å². The molecule has 1 aliphatic rings. The SMILES string of the molecule is COc1ccc(-c2c[nH]c(C(=O)N3CCCCC3)c2)c2ccc(C)nc12. The quantitative estimate of drug-likeness (QED) is 0.772. The largest absolute Gasteiger partial charge is 0.494 e. The molecule has 0 aliphatic carbocycles. The van der Waals surface area contributed by atoms with Gasteiger partial charge < -0.3 is 14.6 Å². The molecule has 0 atom stereocenters. The number of aryl methyl sites for hydroxylation is 1. The van der Waals surface area contributed by atoms with Crippen molar-refractivity contribution in [2.75, 3.05) is 20.2 Å². The van der Waals surface area contributed by atoms with E-state index >= 15 is 0 Å². The van der Waals surface area contributed by atoms with E-state index < -0.39 is 0 Å². The van der Waals surface area contributed by atoms with Crippen LogP contribution >= 0.6 is 0 Å². The second-order valence-electron chi connectivity index (χ2n) is 6.82. The van der Waals surface area contributed by atoms with Crippen molar-refractivity contribution in [3.05, 3.63) is 47.9 Å². The van der Waals surface area contributed by atoms with E-state index in [1.54, 1.807) is 7.11 Å². The zero-order chi connectivity index (χ0) is 18.1. The van der Waals surface area contributed by atoms with Crippen LogP contribution < -0.4 is 4.74 Å². The van der Waals surface area contributed by atoms with Crippen molar-refractivity contribution in [1.29, 1.82) is 0 Å². The number of hydrogen-bond donors (Lipinski definition) is 1. The molecule has 1 saturated heterocycles. The Morgan fingerprint density at radius 1 is 1.15 bits per heavy atom. The summed E-state index contributed by atoms with van der Waals surface area (Å²) >= 11 is 0. The van der Waals surface area contributed by atoms with Crippen molar-refractivity contribution < 1.29 is 9.53 Å².